The van der Waals surface area contributed by atoms with Gasteiger partial charge in [-0.2, -0.15) is 0 Å². The van der Waals surface area contributed by atoms with E-state index in [9.17, 15) is 4.79 Å². The average Bonchev–Trinajstić information content (AvgIpc) is 2.60. The highest BCUT2D eigenvalue weighted by atomic mass is 127. The number of hydrogen-bond acceptors (Lipinski definition) is 2. The molecule has 2 rings (SSSR count). The molecule has 1 aliphatic heterocycles. The Hall–Kier alpha value is -1.57. The van der Waals surface area contributed by atoms with Crippen molar-refractivity contribution in [2.24, 2.45) is 16.1 Å². The number of rotatable bonds is 5. The third kappa shape index (κ3) is 6.63. The first-order valence-electron chi connectivity index (χ1n) is 9.00. The average molecular weight is 470 g/mol. The summed E-state index contributed by atoms with van der Waals surface area (Å²) in [4.78, 5) is 18.4. The number of carbonyl (C=O) groups is 1. The molecule has 1 amide bonds. The summed E-state index contributed by atoms with van der Waals surface area (Å²) in [5.41, 5.74) is 7.55. The fourth-order valence-electron chi connectivity index (χ4n) is 2.71. The zero-order valence-electron chi connectivity index (χ0n) is 16.0. The van der Waals surface area contributed by atoms with Crippen LogP contribution in [0.15, 0.2) is 40.9 Å². The van der Waals surface area contributed by atoms with Crippen LogP contribution in [0.3, 0.4) is 0 Å². The summed E-state index contributed by atoms with van der Waals surface area (Å²) in [6, 6.07) is 10.4. The van der Waals surface area contributed by atoms with Crippen molar-refractivity contribution < 1.29 is 4.79 Å². The summed E-state index contributed by atoms with van der Waals surface area (Å²) in [7, 11) is 0. The highest BCUT2D eigenvalue weighted by Crippen LogP contribution is 2.20. The lowest BCUT2D eigenvalue weighted by atomic mass is 9.93. The molecule has 1 heterocycles. The first-order chi connectivity index (χ1) is 11.9. The molecule has 1 aliphatic rings. The number of carbonyl (C=O) groups excluding carboxylic acids is 1. The number of benzene rings is 1. The second-order valence-electron chi connectivity index (χ2n) is 7.12. The van der Waals surface area contributed by atoms with E-state index in [-0.39, 0.29) is 29.9 Å². The lowest BCUT2D eigenvalue weighted by molar-refractivity contribution is -0.125. The number of primary amides is 1. The van der Waals surface area contributed by atoms with Crippen molar-refractivity contribution in [2.45, 2.75) is 33.6 Å². The van der Waals surface area contributed by atoms with Crippen LogP contribution in [-0.4, -0.2) is 42.9 Å². The van der Waals surface area contributed by atoms with Crippen LogP contribution in [-0.2, 0) is 4.79 Å². The molecule has 1 saturated heterocycles. The summed E-state index contributed by atoms with van der Waals surface area (Å²) >= 11 is 0. The predicted octanol–water partition coefficient (Wildman–Crippen LogP) is 3.26. The number of amides is 1. The van der Waals surface area contributed by atoms with Gasteiger partial charge in [0.05, 0.1) is 12.0 Å². The van der Waals surface area contributed by atoms with Crippen LogP contribution in [0.1, 0.15) is 39.2 Å². The summed E-state index contributed by atoms with van der Waals surface area (Å²) in [5.74, 6) is 0.550. The van der Waals surface area contributed by atoms with Gasteiger partial charge in [-0.3, -0.25) is 9.79 Å². The SMILES string of the molecule is CCNC(=NCC(C)(C)C(N)=O)N1CCC(=Cc2ccccc2)CC1.I. The normalized spacial score (nSPS) is 15.3. The summed E-state index contributed by atoms with van der Waals surface area (Å²) in [6.45, 7) is 8.79. The number of nitrogens with zero attached hydrogens (tertiary/aromatic N) is 2. The standard InChI is InChI=1S/C20H30N4O.HI/c1-4-22-19(23-15-20(2,3)18(21)25)24-12-10-17(11-13-24)14-16-8-6-5-7-9-16;/h5-9,14H,4,10-13,15H2,1-3H3,(H2,21,25)(H,22,23);1H. The van der Waals surface area contributed by atoms with Crippen molar-refractivity contribution in [3.8, 4) is 0 Å². The van der Waals surface area contributed by atoms with Gasteiger partial charge in [-0.1, -0.05) is 42.0 Å². The number of halogens is 1. The Kier molecular flexibility index (Phi) is 9.12. The number of hydrogen-bond donors (Lipinski definition) is 2. The Morgan fingerprint density at radius 2 is 1.88 bits per heavy atom. The van der Waals surface area contributed by atoms with E-state index >= 15 is 0 Å². The number of likely N-dealkylation sites (tertiary alicyclic amines) is 1. The third-order valence-corrected chi connectivity index (χ3v) is 4.50. The van der Waals surface area contributed by atoms with Gasteiger partial charge >= 0.3 is 0 Å². The number of piperidine rings is 1. The number of nitrogens with two attached hydrogens (primary N) is 1. The fourth-order valence-corrected chi connectivity index (χ4v) is 2.71. The third-order valence-electron chi connectivity index (χ3n) is 4.50. The van der Waals surface area contributed by atoms with Crippen LogP contribution in [0, 0.1) is 5.41 Å². The molecule has 0 bridgehead atoms. The van der Waals surface area contributed by atoms with Gasteiger partial charge in [0, 0.05) is 19.6 Å². The van der Waals surface area contributed by atoms with Crippen LogP contribution in [0.4, 0.5) is 0 Å². The van der Waals surface area contributed by atoms with Gasteiger partial charge in [-0.15, -0.1) is 24.0 Å². The van der Waals surface area contributed by atoms with E-state index in [0.717, 1.165) is 38.4 Å². The maximum absolute atomic E-state index is 11.5. The molecule has 5 nitrogen and oxygen atoms in total. The molecule has 1 aromatic carbocycles. The van der Waals surface area contributed by atoms with Gasteiger partial charge in [0.25, 0.3) is 0 Å². The lowest BCUT2D eigenvalue weighted by Crippen LogP contribution is -2.45. The van der Waals surface area contributed by atoms with E-state index in [1.165, 1.54) is 11.1 Å². The summed E-state index contributed by atoms with van der Waals surface area (Å²) in [5, 5.41) is 3.33. The van der Waals surface area contributed by atoms with Crippen LogP contribution in [0.2, 0.25) is 0 Å². The number of guanidine groups is 1. The molecule has 1 fully saturated rings. The maximum atomic E-state index is 11.5. The molecule has 0 aliphatic carbocycles. The smallest absolute Gasteiger partial charge is 0.224 e. The molecule has 0 atom stereocenters. The van der Waals surface area contributed by atoms with E-state index < -0.39 is 5.41 Å². The van der Waals surface area contributed by atoms with E-state index in [1.807, 2.05) is 19.9 Å². The van der Waals surface area contributed by atoms with Crippen LogP contribution >= 0.6 is 24.0 Å². The van der Waals surface area contributed by atoms with Crippen molar-refractivity contribution in [3.63, 3.8) is 0 Å². The molecule has 0 radical (unpaired) electrons. The Bertz CT molecular complexity index is 630. The minimum atomic E-state index is -0.630. The van der Waals surface area contributed by atoms with E-state index in [1.54, 1.807) is 0 Å². The fraction of sp³-hybridized carbons (Fsp3) is 0.500. The molecule has 144 valence electrons. The first kappa shape index (κ1) is 22.5. The van der Waals surface area contributed by atoms with Crippen molar-refractivity contribution in [1.29, 1.82) is 0 Å². The molecule has 3 N–H and O–H groups in total. The molecule has 0 spiro atoms. The molecule has 6 heteroatoms. The van der Waals surface area contributed by atoms with Gasteiger partial charge in [0.2, 0.25) is 5.91 Å². The zero-order valence-corrected chi connectivity index (χ0v) is 18.3. The second kappa shape index (κ2) is 10.5. The summed E-state index contributed by atoms with van der Waals surface area (Å²) < 4.78 is 0. The van der Waals surface area contributed by atoms with E-state index in [0.29, 0.717) is 6.54 Å². The molecule has 0 aromatic heterocycles. The van der Waals surface area contributed by atoms with Crippen LogP contribution in [0.25, 0.3) is 6.08 Å². The molecule has 26 heavy (non-hydrogen) atoms. The number of aliphatic imine (C=N–C) groups is 1. The van der Waals surface area contributed by atoms with Crippen molar-refractivity contribution >= 4 is 41.9 Å². The van der Waals surface area contributed by atoms with Crippen molar-refractivity contribution in [1.82, 2.24) is 10.2 Å². The Balaban J connectivity index is 0.00000338. The van der Waals surface area contributed by atoms with Crippen LogP contribution < -0.4 is 11.1 Å². The van der Waals surface area contributed by atoms with Gasteiger partial charge in [-0.25, -0.2) is 0 Å². The Labute approximate surface area is 174 Å². The predicted molar refractivity (Wildman–Crippen MR) is 120 cm³/mol. The van der Waals surface area contributed by atoms with Crippen LogP contribution in [0.5, 0.6) is 0 Å². The quantitative estimate of drug-likeness (QED) is 0.394. The van der Waals surface area contributed by atoms with Gasteiger partial charge < -0.3 is 16.0 Å². The zero-order chi connectivity index (χ0) is 18.3. The van der Waals surface area contributed by atoms with E-state index in [2.05, 4.69) is 52.5 Å². The van der Waals surface area contributed by atoms with Crippen molar-refractivity contribution in [3.05, 3.63) is 41.5 Å². The largest absolute Gasteiger partial charge is 0.369 e. The molecule has 1 aromatic rings. The first-order valence-corrected chi connectivity index (χ1v) is 9.00. The topological polar surface area (TPSA) is 70.7 Å². The molecular formula is C20H31IN4O. The summed E-state index contributed by atoms with van der Waals surface area (Å²) in [6.07, 6.45) is 4.34. The minimum Gasteiger partial charge on any atom is -0.369 e. The monoisotopic (exact) mass is 470 g/mol. The maximum Gasteiger partial charge on any atom is 0.224 e. The van der Waals surface area contributed by atoms with Gasteiger partial charge in [0.15, 0.2) is 5.96 Å². The molecule has 0 unspecified atom stereocenters. The van der Waals surface area contributed by atoms with Crippen molar-refractivity contribution in [2.75, 3.05) is 26.2 Å². The Morgan fingerprint density at radius 1 is 1.27 bits per heavy atom. The minimum absolute atomic E-state index is 0. The Morgan fingerprint density at radius 3 is 2.42 bits per heavy atom. The van der Waals surface area contributed by atoms with Gasteiger partial charge in [0.1, 0.15) is 0 Å². The number of nitrogens with one attached hydrogen (secondary N) is 1. The van der Waals surface area contributed by atoms with Gasteiger partial charge in [-0.05, 0) is 39.2 Å². The van der Waals surface area contributed by atoms with E-state index in [4.69, 9.17) is 5.73 Å². The second-order valence-corrected chi connectivity index (χ2v) is 7.12. The highest BCUT2D eigenvalue weighted by molar-refractivity contribution is 14.0. The lowest BCUT2D eigenvalue weighted by Gasteiger charge is -2.32. The molecular weight excluding hydrogens is 439 g/mol. The highest BCUT2D eigenvalue weighted by Gasteiger charge is 2.25. The molecule has 0 saturated carbocycles.